The number of nitrogens with one attached hydrogen (secondary N) is 1. The molecule has 3 heteroatoms. The minimum Gasteiger partial charge on any atom is -0.369 e. The molecule has 1 aliphatic carbocycles. The molecular weight excluding hydrogens is 215 g/mol. The molecular formula is C14H19FN2. The van der Waals surface area contributed by atoms with Crippen molar-refractivity contribution in [2.45, 2.75) is 25.8 Å². The lowest BCUT2D eigenvalue weighted by molar-refractivity contribution is 0.479. The van der Waals surface area contributed by atoms with Gasteiger partial charge in [-0.15, -0.1) is 0 Å². The summed E-state index contributed by atoms with van der Waals surface area (Å²) in [5.41, 5.74) is 1.48. The van der Waals surface area contributed by atoms with Crippen LogP contribution in [-0.4, -0.2) is 25.7 Å². The van der Waals surface area contributed by atoms with E-state index in [2.05, 4.69) is 17.1 Å². The number of nitrogens with zero attached hydrogens (tertiary/aromatic N) is 1. The lowest BCUT2D eigenvalue weighted by atomic mass is 10.1. The lowest BCUT2D eigenvalue weighted by Gasteiger charge is -2.27. The number of benzene rings is 1. The molecule has 1 unspecified atom stereocenters. The van der Waals surface area contributed by atoms with Crippen molar-refractivity contribution in [3.05, 3.63) is 30.1 Å². The van der Waals surface area contributed by atoms with Crippen LogP contribution in [0.25, 0.3) is 0 Å². The van der Waals surface area contributed by atoms with E-state index in [0.29, 0.717) is 11.5 Å². The Bertz CT molecular complexity index is 414. The summed E-state index contributed by atoms with van der Waals surface area (Å²) in [4.78, 5) is 2.33. The number of rotatable bonds is 1. The molecule has 0 bridgehead atoms. The minimum atomic E-state index is -0.141. The predicted molar refractivity (Wildman–Crippen MR) is 67.7 cm³/mol. The van der Waals surface area contributed by atoms with Gasteiger partial charge in [0.1, 0.15) is 5.82 Å². The summed E-state index contributed by atoms with van der Waals surface area (Å²) in [5, 5.41) is 3.58. The predicted octanol–water partition coefficient (Wildman–Crippen LogP) is 2.40. The maximum absolute atomic E-state index is 13.3. The van der Waals surface area contributed by atoms with Gasteiger partial charge in [0.25, 0.3) is 0 Å². The van der Waals surface area contributed by atoms with Crippen molar-refractivity contribution in [2.75, 3.05) is 24.5 Å². The van der Waals surface area contributed by atoms with Crippen LogP contribution in [0.5, 0.6) is 0 Å². The molecule has 1 N–H and O–H groups in total. The highest BCUT2D eigenvalue weighted by Crippen LogP contribution is 2.47. The van der Waals surface area contributed by atoms with Gasteiger partial charge in [0, 0.05) is 36.8 Å². The zero-order valence-electron chi connectivity index (χ0n) is 10.2. The van der Waals surface area contributed by atoms with Gasteiger partial charge in [0.15, 0.2) is 0 Å². The highest BCUT2D eigenvalue weighted by Gasteiger charge is 2.45. The van der Waals surface area contributed by atoms with E-state index in [1.54, 1.807) is 12.1 Å². The number of hydrogen-bond acceptors (Lipinski definition) is 2. The molecule has 1 spiro atoms. The number of halogens is 1. The molecule has 1 saturated heterocycles. The first-order valence-electron chi connectivity index (χ1n) is 6.41. The van der Waals surface area contributed by atoms with E-state index >= 15 is 0 Å². The summed E-state index contributed by atoms with van der Waals surface area (Å²) < 4.78 is 13.3. The van der Waals surface area contributed by atoms with Crippen molar-refractivity contribution in [3.63, 3.8) is 0 Å². The van der Waals surface area contributed by atoms with Crippen LogP contribution in [0.15, 0.2) is 24.3 Å². The van der Waals surface area contributed by atoms with Crippen LogP contribution < -0.4 is 10.2 Å². The van der Waals surface area contributed by atoms with Crippen LogP contribution in [0, 0.1) is 11.2 Å². The normalized spacial score (nSPS) is 26.9. The van der Waals surface area contributed by atoms with Gasteiger partial charge in [-0.3, -0.25) is 0 Å². The molecule has 0 amide bonds. The van der Waals surface area contributed by atoms with E-state index in [0.717, 1.165) is 25.3 Å². The second-order valence-electron chi connectivity index (χ2n) is 5.64. The summed E-state index contributed by atoms with van der Waals surface area (Å²) in [6, 6.07) is 7.44. The summed E-state index contributed by atoms with van der Waals surface area (Å²) >= 11 is 0. The zero-order chi connectivity index (χ0) is 11.9. The second-order valence-corrected chi connectivity index (χ2v) is 5.64. The molecule has 1 aromatic carbocycles. The first kappa shape index (κ1) is 11.0. The molecule has 17 heavy (non-hydrogen) atoms. The molecule has 0 radical (unpaired) electrons. The Labute approximate surface area is 102 Å². The Balaban J connectivity index is 1.85. The highest BCUT2D eigenvalue weighted by atomic mass is 19.1. The average Bonchev–Trinajstić information content (AvgIpc) is 3.08. The van der Waals surface area contributed by atoms with Gasteiger partial charge in [-0.1, -0.05) is 6.07 Å². The van der Waals surface area contributed by atoms with Crippen LogP contribution in [0.3, 0.4) is 0 Å². The molecule has 2 fully saturated rings. The van der Waals surface area contributed by atoms with E-state index in [9.17, 15) is 4.39 Å². The van der Waals surface area contributed by atoms with E-state index in [4.69, 9.17) is 0 Å². The fourth-order valence-electron chi connectivity index (χ4n) is 2.69. The van der Waals surface area contributed by atoms with Gasteiger partial charge in [-0.2, -0.15) is 0 Å². The molecule has 1 saturated carbocycles. The smallest absolute Gasteiger partial charge is 0.125 e. The lowest BCUT2D eigenvalue weighted by Crippen LogP contribution is -2.35. The quantitative estimate of drug-likeness (QED) is 0.802. The Morgan fingerprint density at radius 3 is 2.94 bits per heavy atom. The largest absolute Gasteiger partial charge is 0.369 e. The fourth-order valence-corrected chi connectivity index (χ4v) is 2.69. The van der Waals surface area contributed by atoms with Crippen molar-refractivity contribution in [2.24, 2.45) is 5.41 Å². The molecule has 1 heterocycles. The van der Waals surface area contributed by atoms with E-state index in [-0.39, 0.29) is 5.82 Å². The summed E-state index contributed by atoms with van der Waals surface area (Å²) in [6.07, 6.45) is 2.61. The minimum absolute atomic E-state index is 0.141. The summed E-state index contributed by atoms with van der Waals surface area (Å²) in [5.74, 6) is -0.141. The SMILES string of the molecule is CC1CN(c2cccc(F)c2)CC2(CC2)CN1. The van der Waals surface area contributed by atoms with Crippen molar-refractivity contribution in [1.29, 1.82) is 0 Å². The van der Waals surface area contributed by atoms with Gasteiger partial charge >= 0.3 is 0 Å². The van der Waals surface area contributed by atoms with Gasteiger partial charge in [0.05, 0.1) is 0 Å². The Morgan fingerprint density at radius 2 is 2.24 bits per heavy atom. The second kappa shape index (κ2) is 3.98. The Hall–Kier alpha value is -1.09. The van der Waals surface area contributed by atoms with E-state index in [1.165, 1.54) is 18.9 Å². The van der Waals surface area contributed by atoms with Crippen LogP contribution in [0.1, 0.15) is 19.8 Å². The summed E-state index contributed by atoms with van der Waals surface area (Å²) in [7, 11) is 0. The third-order valence-electron chi connectivity index (χ3n) is 3.98. The molecule has 2 aliphatic rings. The zero-order valence-corrected chi connectivity index (χ0v) is 10.2. The topological polar surface area (TPSA) is 15.3 Å². The molecule has 0 aromatic heterocycles. The van der Waals surface area contributed by atoms with Gasteiger partial charge in [0.2, 0.25) is 0 Å². The van der Waals surface area contributed by atoms with Crippen LogP contribution in [0.4, 0.5) is 10.1 Å². The molecule has 92 valence electrons. The van der Waals surface area contributed by atoms with Crippen molar-refractivity contribution in [3.8, 4) is 0 Å². The third kappa shape index (κ3) is 2.29. The Kier molecular flexibility index (Phi) is 2.58. The first-order valence-corrected chi connectivity index (χ1v) is 6.41. The van der Waals surface area contributed by atoms with Crippen LogP contribution in [0.2, 0.25) is 0 Å². The number of hydrogen-bond donors (Lipinski definition) is 1. The van der Waals surface area contributed by atoms with Gasteiger partial charge in [-0.05, 0) is 38.0 Å². The van der Waals surface area contributed by atoms with Crippen LogP contribution >= 0.6 is 0 Å². The fraction of sp³-hybridized carbons (Fsp3) is 0.571. The number of anilines is 1. The van der Waals surface area contributed by atoms with E-state index < -0.39 is 0 Å². The molecule has 1 aromatic rings. The summed E-state index contributed by atoms with van der Waals surface area (Å²) in [6.45, 7) is 5.34. The van der Waals surface area contributed by atoms with Crippen molar-refractivity contribution < 1.29 is 4.39 Å². The van der Waals surface area contributed by atoms with Gasteiger partial charge < -0.3 is 10.2 Å². The van der Waals surface area contributed by atoms with Crippen LogP contribution in [-0.2, 0) is 0 Å². The molecule has 3 rings (SSSR count). The average molecular weight is 234 g/mol. The van der Waals surface area contributed by atoms with Crippen molar-refractivity contribution >= 4 is 5.69 Å². The molecule has 1 aliphatic heterocycles. The Morgan fingerprint density at radius 1 is 1.41 bits per heavy atom. The standard InChI is InChI=1S/C14H19FN2/c1-11-8-17(10-14(5-6-14)9-16-11)13-4-2-3-12(15)7-13/h2-4,7,11,16H,5-6,8-10H2,1H3. The molecule has 2 nitrogen and oxygen atoms in total. The van der Waals surface area contributed by atoms with Crippen molar-refractivity contribution in [1.82, 2.24) is 5.32 Å². The maximum atomic E-state index is 13.3. The first-order chi connectivity index (χ1) is 8.17. The van der Waals surface area contributed by atoms with Gasteiger partial charge in [-0.25, -0.2) is 4.39 Å². The monoisotopic (exact) mass is 234 g/mol. The highest BCUT2D eigenvalue weighted by molar-refractivity contribution is 5.47. The third-order valence-corrected chi connectivity index (χ3v) is 3.98. The molecule has 1 atom stereocenters. The van der Waals surface area contributed by atoms with E-state index in [1.807, 2.05) is 6.07 Å². The maximum Gasteiger partial charge on any atom is 0.125 e.